The van der Waals surface area contributed by atoms with Gasteiger partial charge in [0, 0.05) is 24.0 Å². The fourth-order valence-corrected chi connectivity index (χ4v) is 2.35. The summed E-state index contributed by atoms with van der Waals surface area (Å²) in [6.45, 7) is 1.20. The molecule has 86 valence electrons. The second-order valence-corrected chi connectivity index (χ2v) is 4.71. The van der Waals surface area contributed by atoms with Gasteiger partial charge < -0.3 is 5.73 Å². The molecule has 4 nitrogen and oxygen atoms in total. The van der Waals surface area contributed by atoms with Gasteiger partial charge in [-0.25, -0.2) is 5.01 Å². The van der Waals surface area contributed by atoms with Crippen LogP contribution in [-0.4, -0.2) is 24.0 Å². The predicted molar refractivity (Wildman–Crippen MR) is 65.4 cm³/mol. The molecule has 1 saturated heterocycles. The van der Waals surface area contributed by atoms with Crippen molar-refractivity contribution in [3.8, 4) is 0 Å². The fraction of sp³-hybridized carbons (Fsp3) is 0.364. The fourth-order valence-electron chi connectivity index (χ4n) is 1.93. The molecule has 1 aliphatic heterocycles. The first-order valence-corrected chi connectivity index (χ1v) is 6.01. The van der Waals surface area contributed by atoms with Crippen LogP contribution in [0.25, 0.3) is 0 Å². The maximum Gasteiger partial charge on any atom is 0.236 e. The number of rotatable bonds is 3. The molecule has 1 aliphatic rings. The number of nitrogens with two attached hydrogens (primary N) is 1. The summed E-state index contributed by atoms with van der Waals surface area (Å²) in [5.41, 5.74) is 9.47. The Morgan fingerprint density at radius 1 is 1.56 bits per heavy atom. The molecule has 1 aromatic rings. The molecule has 0 aliphatic carbocycles. The van der Waals surface area contributed by atoms with E-state index in [0.29, 0.717) is 19.5 Å². The predicted octanol–water partition coefficient (Wildman–Crippen LogP) is 1.19. The Morgan fingerprint density at radius 2 is 2.38 bits per heavy atom. The molecule has 0 radical (unpaired) electrons. The van der Waals surface area contributed by atoms with E-state index in [9.17, 15) is 4.79 Å². The van der Waals surface area contributed by atoms with Gasteiger partial charge in [-0.1, -0.05) is 28.1 Å². The molecular weight excluding hydrogens is 270 g/mol. The maximum atomic E-state index is 11.4. The van der Waals surface area contributed by atoms with Crippen LogP contribution in [0.1, 0.15) is 18.0 Å². The Morgan fingerprint density at radius 3 is 3.06 bits per heavy atom. The van der Waals surface area contributed by atoms with Gasteiger partial charge in [-0.2, -0.15) is 0 Å². The summed E-state index contributed by atoms with van der Waals surface area (Å²) in [4.78, 5) is 11.4. The molecule has 16 heavy (non-hydrogen) atoms. The molecule has 3 N–H and O–H groups in total. The van der Waals surface area contributed by atoms with E-state index in [1.165, 1.54) is 0 Å². The lowest BCUT2D eigenvalue weighted by molar-refractivity contribution is -0.120. The average molecular weight is 284 g/mol. The maximum absolute atomic E-state index is 11.4. The van der Waals surface area contributed by atoms with E-state index in [1.807, 2.05) is 29.3 Å². The number of hydrogen-bond donors (Lipinski definition) is 2. The molecule has 5 heteroatoms. The van der Waals surface area contributed by atoms with Crippen molar-refractivity contribution in [3.63, 3.8) is 0 Å². The molecule has 2 rings (SSSR count). The standard InChI is InChI=1S/C11H14BrN3O/c12-9-3-1-2-8(6-9)10-7-11(16)14-15(10)5-4-13/h1-3,6,10H,4-5,7,13H2,(H,14,16). The lowest BCUT2D eigenvalue weighted by atomic mass is 10.0. The summed E-state index contributed by atoms with van der Waals surface area (Å²) in [5, 5.41) is 1.91. The molecule has 1 fully saturated rings. The monoisotopic (exact) mass is 283 g/mol. The van der Waals surface area contributed by atoms with Gasteiger partial charge >= 0.3 is 0 Å². The van der Waals surface area contributed by atoms with Crippen molar-refractivity contribution in [2.24, 2.45) is 5.73 Å². The SMILES string of the molecule is NCCN1NC(=O)CC1c1cccc(Br)c1. The van der Waals surface area contributed by atoms with Crippen molar-refractivity contribution in [2.45, 2.75) is 12.5 Å². The van der Waals surface area contributed by atoms with E-state index >= 15 is 0 Å². The molecule has 0 saturated carbocycles. The van der Waals surface area contributed by atoms with Crippen molar-refractivity contribution in [1.82, 2.24) is 10.4 Å². The van der Waals surface area contributed by atoms with Crippen LogP contribution in [0.15, 0.2) is 28.7 Å². The van der Waals surface area contributed by atoms with E-state index in [2.05, 4.69) is 21.4 Å². The molecule has 1 aromatic carbocycles. The van der Waals surface area contributed by atoms with Crippen molar-refractivity contribution in [2.75, 3.05) is 13.1 Å². The van der Waals surface area contributed by atoms with Gasteiger partial charge in [-0.05, 0) is 17.7 Å². The Kier molecular flexibility index (Phi) is 3.58. The lowest BCUT2D eigenvalue weighted by Crippen LogP contribution is -2.38. The zero-order chi connectivity index (χ0) is 11.5. The van der Waals surface area contributed by atoms with Gasteiger partial charge in [0.25, 0.3) is 0 Å². The van der Waals surface area contributed by atoms with Gasteiger partial charge in [0.05, 0.1) is 6.04 Å². The molecule has 1 atom stereocenters. The van der Waals surface area contributed by atoms with E-state index in [0.717, 1.165) is 10.0 Å². The number of amides is 1. The number of nitrogens with one attached hydrogen (secondary N) is 1. The van der Waals surface area contributed by atoms with E-state index in [1.54, 1.807) is 0 Å². The van der Waals surface area contributed by atoms with Crippen LogP contribution in [0, 0.1) is 0 Å². The number of carbonyl (C=O) groups excluding carboxylic acids is 1. The molecule has 1 heterocycles. The summed E-state index contributed by atoms with van der Waals surface area (Å²) < 4.78 is 1.03. The number of hydrazine groups is 1. The van der Waals surface area contributed by atoms with Crippen LogP contribution >= 0.6 is 15.9 Å². The quantitative estimate of drug-likeness (QED) is 0.876. The molecule has 0 bridgehead atoms. The number of benzene rings is 1. The van der Waals surface area contributed by atoms with Crippen molar-refractivity contribution in [1.29, 1.82) is 0 Å². The Bertz CT molecular complexity index is 397. The Labute approximate surface area is 103 Å². The normalized spacial score (nSPS) is 21.1. The van der Waals surface area contributed by atoms with Gasteiger partial charge in [-0.3, -0.25) is 10.2 Å². The van der Waals surface area contributed by atoms with Gasteiger partial charge in [-0.15, -0.1) is 0 Å². The highest BCUT2D eigenvalue weighted by Gasteiger charge is 2.30. The summed E-state index contributed by atoms with van der Waals surface area (Å²) in [6, 6.07) is 8.10. The van der Waals surface area contributed by atoms with Crippen LogP contribution < -0.4 is 11.2 Å². The third-order valence-electron chi connectivity index (χ3n) is 2.63. The highest BCUT2D eigenvalue weighted by atomic mass is 79.9. The van der Waals surface area contributed by atoms with Crippen LogP contribution in [-0.2, 0) is 4.79 Å². The smallest absolute Gasteiger partial charge is 0.236 e. The zero-order valence-corrected chi connectivity index (χ0v) is 10.4. The van der Waals surface area contributed by atoms with E-state index in [-0.39, 0.29) is 11.9 Å². The average Bonchev–Trinajstić information content (AvgIpc) is 2.60. The second kappa shape index (κ2) is 4.95. The van der Waals surface area contributed by atoms with E-state index < -0.39 is 0 Å². The van der Waals surface area contributed by atoms with Crippen LogP contribution in [0.2, 0.25) is 0 Å². The van der Waals surface area contributed by atoms with E-state index in [4.69, 9.17) is 5.73 Å². The first-order valence-electron chi connectivity index (χ1n) is 5.22. The lowest BCUT2D eigenvalue weighted by Gasteiger charge is -2.22. The third-order valence-corrected chi connectivity index (χ3v) is 3.12. The minimum atomic E-state index is 0.0541. The van der Waals surface area contributed by atoms with Gasteiger partial charge in [0.2, 0.25) is 5.91 Å². The summed E-state index contributed by atoms with van der Waals surface area (Å²) >= 11 is 3.43. The van der Waals surface area contributed by atoms with Crippen LogP contribution in [0.3, 0.4) is 0 Å². The number of hydrogen-bond acceptors (Lipinski definition) is 3. The highest BCUT2D eigenvalue weighted by molar-refractivity contribution is 9.10. The molecule has 0 aromatic heterocycles. The number of nitrogens with zero attached hydrogens (tertiary/aromatic N) is 1. The van der Waals surface area contributed by atoms with Gasteiger partial charge in [0.15, 0.2) is 0 Å². The zero-order valence-electron chi connectivity index (χ0n) is 8.82. The molecule has 1 amide bonds. The summed E-state index contributed by atoms with van der Waals surface area (Å²) in [7, 11) is 0. The Hall–Kier alpha value is -0.910. The first-order chi connectivity index (χ1) is 7.70. The molecule has 0 spiro atoms. The van der Waals surface area contributed by atoms with Gasteiger partial charge in [0.1, 0.15) is 0 Å². The minimum Gasteiger partial charge on any atom is -0.329 e. The summed E-state index contributed by atoms with van der Waals surface area (Å²) in [5.74, 6) is 0.0541. The van der Waals surface area contributed by atoms with Crippen molar-refractivity contribution >= 4 is 21.8 Å². The third kappa shape index (κ3) is 2.42. The number of halogens is 1. The highest BCUT2D eigenvalue weighted by Crippen LogP contribution is 2.28. The largest absolute Gasteiger partial charge is 0.329 e. The molecule has 1 unspecified atom stereocenters. The summed E-state index contributed by atoms with van der Waals surface area (Å²) in [6.07, 6.45) is 0.496. The topological polar surface area (TPSA) is 58.4 Å². The molecular formula is C11H14BrN3O. The van der Waals surface area contributed by atoms with Crippen LogP contribution in [0.5, 0.6) is 0 Å². The van der Waals surface area contributed by atoms with Crippen LogP contribution in [0.4, 0.5) is 0 Å². The van der Waals surface area contributed by atoms with Crippen molar-refractivity contribution < 1.29 is 4.79 Å². The minimum absolute atomic E-state index is 0.0541. The van der Waals surface area contributed by atoms with Crippen molar-refractivity contribution in [3.05, 3.63) is 34.3 Å². The second-order valence-electron chi connectivity index (χ2n) is 3.79. The first kappa shape index (κ1) is 11.6. The number of carbonyl (C=O) groups is 1. The Balaban J connectivity index is 2.21.